The van der Waals surface area contributed by atoms with Gasteiger partial charge in [-0.15, -0.1) is 0 Å². The molecular weight excluding hydrogens is 478 g/mol. The highest BCUT2D eigenvalue weighted by molar-refractivity contribution is 5.96. The summed E-state index contributed by atoms with van der Waals surface area (Å²) in [4.78, 5) is 31.7. The van der Waals surface area contributed by atoms with Gasteiger partial charge in [-0.1, -0.05) is 42.0 Å². The average Bonchev–Trinajstić information content (AvgIpc) is 3.20. The Morgan fingerprint density at radius 1 is 1.03 bits per heavy atom. The van der Waals surface area contributed by atoms with Gasteiger partial charge in [0.25, 0.3) is 5.91 Å². The number of nitrogens with one attached hydrogen (secondary N) is 2. The predicted octanol–water partition coefficient (Wildman–Crippen LogP) is 5.53. The van der Waals surface area contributed by atoms with Crippen LogP contribution in [-0.4, -0.2) is 46.0 Å². The monoisotopic (exact) mass is 513 g/mol. The van der Waals surface area contributed by atoms with Gasteiger partial charge in [-0.3, -0.25) is 14.0 Å². The number of benzene rings is 2. The lowest BCUT2D eigenvalue weighted by Crippen LogP contribution is -2.30. The molecule has 4 rings (SSSR count). The summed E-state index contributed by atoms with van der Waals surface area (Å²) in [6.45, 7) is 8.21. The molecule has 0 saturated carbocycles. The van der Waals surface area contributed by atoms with Crippen LogP contribution in [0.3, 0.4) is 0 Å². The third-order valence-corrected chi connectivity index (χ3v) is 6.20. The molecule has 0 aliphatic carbocycles. The molecule has 0 radical (unpaired) electrons. The molecule has 2 aromatic carbocycles. The van der Waals surface area contributed by atoms with Gasteiger partial charge < -0.3 is 20.6 Å². The zero-order valence-corrected chi connectivity index (χ0v) is 22.7. The summed E-state index contributed by atoms with van der Waals surface area (Å²) in [7, 11) is 4.00. The van der Waals surface area contributed by atoms with Crippen LogP contribution in [0.1, 0.15) is 54.7 Å². The molecule has 0 aliphatic heterocycles. The van der Waals surface area contributed by atoms with Crippen molar-refractivity contribution >= 4 is 29.0 Å². The lowest BCUT2D eigenvalue weighted by Gasteiger charge is -2.23. The molecule has 0 fully saturated rings. The lowest BCUT2D eigenvalue weighted by atomic mass is 10.0. The number of carbonyl (C=O) groups excluding carboxylic acids is 1. The summed E-state index contributed by atoms with van der Waals surface area (Å²) in [5, 5.41) is 15.9. The normalized spacial score (nSPS) is 12.3. The van der Waals surface area contributed by atoms with Crippen molar-refractivity contribution in [1.29, 1.82) is 0 Å². The summed E-state index contributed by atoms with van der Waals surface area (Å²) in [5.74, 6) is -0.507. The van der Waals surface area contributed by atoms with Crippen LogP contribution in [-0.2, 0) is 4.79 Å². The largest absolute Gasteiger partial charge is 0.481 e. The van der Waals surface area contributed by atoms with E-state index in [4.69, 9.17) is 4.98 Å². The van der Waals surface area contributed by atoms with Gasteiger partial charge in [-0.2, -0.15) is 0 Å². The van der Waals surface area contributed by atoms with E-state index >= 15 is 0 Å². The van der Waals surface area contributed by atoms with Gasteiger partial charge in [0, 0.05) is 42.6 Å². The van der Waals surface area contributed by atoms with Crippen LogP contribution in [0.4, 0.5) is 11.5 Å². The Kier molecular flexibility index (Phi) is 7.44. The smallest absolute Gasteiger partial charge is 0.305 e. The van der Waals surface area contributed by atoms with Crippen LogP contribution >= 0.6 is 0 Å². The molecule has 0 aliphatic rings. The van der Waals surface area contributed by atoms with Crippen molar-refractivity contribution in [3.8, 4) is 11.3 Å². The number of hydrogen-bond acceptors (Lipinski definition) is 5. The number of aliphatic carboxylic acids is 1. The van der Waals surface area contributed by atoms with Crippen LogP contribution in [0, 0.1) is 6.92 Å². The van der Waals surface area contributed by atoms with E-state index in [1.54, 1.807) is 12.1 Å². The number of anilines is 2. The van der Waals surface area contributed by atoms with Gasteiger partial charge in [0.15, 0.2) is 0 Å². The van der Waals surface area contributed by atoms with E-state index < -0.39 is 12.0 Å². The van der Waals surface area contributed by atoms with E-state index in [1.807, 2.05) is 85.0 Å². The van der Waals surface area contributed by atoms with E-state index in [0.29, 0.717) is 11.2 Å². The maximum absolute atomic E-state index is 13.3. The van der Waals surface area contributed by atoms with Crippen molar-refractivity contribution in [2.75, 3.05) is 24.3 Å². The first-order valence-corrected chi connectivity index (χ1v) is 12.6. The molecule has 38 heavy (non-hydrogen) atoms. The van der Waals surface area contributed by atoms with Crippen LogP contribution in [0.15, 0.2) is 66.9 Å². The van der Waals surface area contributed by atoms with Crippen molar-refractivity contribution in [3.63, 3.8) is 0 Å². The first-order valence-electron chi connectivity index (χ1n) is 12.6. The fraction of sp³-hybridized carbons (Fsp3) is 0.300. The SMILES string of the molecule is Cc1ccc(C(CC(=O)O)NC(=O)c2ccn3c(NC(C)(C)C)c(-c4ccc(N(C)C)cc4)nc3c2)cc1. The van der Waals surface area contributed by atoms with Crippen molar-refractivity contribution < 1.29 is 14.7 Å². The van der Waals surface area contributed by atoms with Gasteiger partial charge in [-0.25, -0.2) is 4.98 Å². The van der Waals surface area contributed by atoms with Gasteiger partial charge in [0.2, 0.25) is 0 Å². The minimum Gasteiger partial charge on any atom is -0.481 e. The van der Waals surface area contributed by atoms with E-state index in [0.717, 1.165) is 33.9 Å². The number of hydrogen-bond donors (Lipinski definition) is 3. The highest BCUT2D eigenvalue weighted by Gasteiger charge is 2.22. The Balaban J connectivity index is 1.70. The summed E-state index contributed by atoms with van der Waals surface area (Å²) in [6, 6.07) is 18.5. The number of carboxylic acids is 1. The number of fused-ring (bicyclic) bond motifs is 1. The number of carboxylic acid groups (broad SMARTS) is 1. The number of aryl methyl sites for hydroxylation is 1. The molecule has 0 spiro atoms. The quantitative estimate of drug-likeness (QED) is 0.286. The number of pyridine rings is 1. The first kappa shape index (κ1) is 26.7. The first-order chi connectivity index (χ1) is 17.9. The Bertz CT molecular complexity index is 1450. The van der Waals surface area contributed by atoms with Crippen LogP contribution in [0.25, 0.3) is 16.9 Å². The molecule has 8 heteroatoms. The molecule has 1 atom stereocenters. The van der Waals surface area contributed by atoms with Crippen LogP contribution in [0.5, 0.6) is 0 Å². The Morgan fingerprint density at radius 2 is 1.68 bits per heavy atom. The number of nitrogens with zero attached hydrogens (tertiary/aromatic N) is 3. The molecular formula is C30H35N5O3. The average molecular weight is 514 g/mol. The fourth-order valence-electron chi connectivity index (χ4n) is 4.25. The maximum atomic E-state index is 13.3. The summed E-state index contributed by atoms with van der Waals surface area (Å²) >= 11 is 0. The number of aromatic nitrogens is 2. The molecule has 4 aromatic rings. The Morgan fingerprint density at radius 3 is 2.26 bits per heavy atom. The molecule has 1 amide bonds. The fourth-order valence-corrected chi connectivity index (χ4v) is 4.25. The van der Waals surface area contributed by atoms with Crippen molar-refractivity contribution in [3.05, 3.63) is 83.6 Å². The highest BCUT2D eigenvalue weighted by atomic mass is 16.4. The summed E-state index contributed by atoms with van der Waals surface area (Å²) < 4.78 is 1.94. The van der Waals surface area contributed by atoms with Gasteiger partial charge in [0.05, 0.1) is 12.5 Å². The van der Waals surface area contributed by atoms with Crippen molar-refractivity contribution in [1.82, 2.24) is 14.7 Å². The van der Waals surface area contributed by atoms with Crippen LogP contribution in [0.2, 0.25) is 0 Å². The van der Waals surface area contributed by atoms with Crippen molar-refractivity contribution in [2.24, 2.45) is 0 Å². The number of rotatable bonds is 8. The number of carbonyl (C=O) groups is 2. The Hall–Kier alpha value is -4.33. The zero-order valence-electron chi connectivity index (χ0n) is 22.7. The predicted molar refractivity (Wildman–Crippen MR) is 152 cm³/mol. The molecule has 2 heterocycles. The van der Waals surface area contributed by atoms with E-state index in [2.05, 4.69) is 31.4 Å². The Labute approximate surface area is 223 Å². The van der Waals surface area contributed by atoms with E-state index in [9.17, 15) is 14.7 Å². The van der Waals surface area contributed by atoms with Gasteiger partial charge in [0.1, 0.15) is 17.2 Å². The van der Waals surface area contributed by atoms with Gasteiger partial charge >= 0.3 is 5.97 Å². The van der Waals surface area contributed by atoms with Gasteiger partial charge in [-0.05, 0) is 57.5 Å². The molecule has 198 valence electrons. The third-order valence-electron chi connectivity index (χ3n) is 6.20. The molecule has 1 unspecified atom stereocenters. The molecule has 0 saturated heterocycles. The molecule has 0 bridgehead atoms. The second kappa shape index (κ2) is 10.6. The summed E-state index contributed by atoms with van der Waals surface area (Å²) in [5.41, 5.74) is 5.43. The molecule has 8 nitrogen and oxygen atoms in total. The van der Waals surface area contributed by atoms with E-state index in [1.165, 1.54) is 0 Å². The molecule has 2 aromatic heterocycles. The second-order valence-corrected chi connectivity index (χ2v) is 10.8. The second-order valence-electron chi connectivity index (χ2n) is 10.8. The van der Waals surface area contributed by atoms with E-state index in [-0.39, 0.29) is 17.9 Å². The standard InChI is InChI=1S/C30H35N5O3/c1-19-7-9-20(10-8-19)24(18-26(36)37)31-29(38)22-15-16-35-25(17-22)32-27(28(35)33-30(2,3)4)21-11-13-23(14-12-21)34(5)6/h7-17,24,33H,18H2,1-6H3,(H,31,38)(H,36,37). The lowest BCUT2D eigenvalue weighted by molar-refractivity contribution is -0.137. The minimum atomic E-state index is -0.984. The highest BCUT2D eigenvalue weighted by Crippen LogP contribution is 2.32. The topological polar surface area (TPSA) is 99.0 Å². The molecule has 3 N–H and O–H groups in total. The number of imidazole rings is 1. The number of amides is 1. The minimum absolute atomic E-state index is 0.215. The van der Waals surface area contributed by atoms with Crippen LogP contribution < -0.4 is 15.5 Å². The zero-order chi connectivity index (χ0) is 27.6. The van der Waals surface area contributed by atoms with Crippen molar-refractivity contribution in [2.45, 2.75) is 45.7 Å². The summed E-state index contributed by atoms with van der Waals surface area (Å²) in [6.07, 6.45) is 1.61. The third kappa shape index (κ3) is 6.14. The maximum Gasteiger partial charge on any atom is 0.305 e.